The molecule has 0 aliphatic heterocycles. The Balaban J connectivity index is 3.47. The smallest absolute Gasteiger partial charge is 0.116 e. The second kappa shape index (κ2) is 5.26. The average molecular weight is 281 g/mol. The van der Waals surface area contributed by atoms with E-state index < -0.39 is 5.83 Å². The van der Waals surface area contributed by atoms with Gasteiger partial charge in [-0.1, -0.05) is 41.2 Å². The maximum absolute atomic E-state index is 12.7. The fraction of sp³-hybridized carbons (Fsp3) is 0.143. The van der Waals surface area contributed by atoms with Crippen LogP contribution in [0.4, 0.5) is 4.39 Å². The van der Waals surface area contributed by atoms with Gasteiger partial charge >= 0.3 is 0 Å². The van der Waals surface area contributed by atoms with E-state index in [0.29, 0.717) is 0 Å². The molecule has 0 radical (unpaired) electrons. The number of halogens is 2. The monoisotopic (exact) mass is 280 g/mol. The minimum absolute atomic E-state index is 0.454. The SMILES string of the molecule is C=C(F)/C=c1/ccc(/C=C(\C)Br)c(C)c1=C. The Bertz CT molecular complexity index is 549. The van der Waals surface area contributed by atoms with Crippen molar-refractivity contribution in [3.8, 4) is 0 Å². The standard InChI is InChI=1S/C14H14BrF/c1-9(15)7-13-5-6-14(8-10(2)16)12(4)11(13)3/h5-8H,2,4H2,1,3H3/b9-7+,14-8-. The summed E-state index contributed by atoms with van der Waals surface area (Å²) in [7, 11) is 0. The minimum atomic E-state index is -0.454. The average Bonchev–Trinajstić information content (AvgIpc) is 2.16. The van der Waals surface area contributed by atoms with Crippen molar-refractivity contribution < 1.29 is 4.39 Å². The van der Waals surface area contributed by atoms with Gasteiger partial charge in [0.2, 0.25) is 0 Å². The normalized spacial score (nSPS) is 13.0. The highest BCUT2D eigenvalue weighted by Gasteiger charge is 1.97. The molecular formula is C14H14BrF. The van der Waals surface area contributed by atoms with E-state index in [1.165, 1.54) is 6.08 Å². The van der Waals surface area contributed by atoms with Gasteiger partial charge in [-0.2, -0.15) is 0 Å². The first-order chi connectivity index (χ1) is 7.41. The van der Waals surface area contributed by atoms with E-state index in [1.54, 1.807) is 0 Å². The van der Waals surface area contributed by atoms with Gasteiger partial charge in [0.1, 0.15) is 5.83 Å². The summed E-state index contributed by atoms with van der Waals surface area (Å²) in [6, 6.07) is 3.80. The van der Waals surface area contributed by atoms with Crippen molar-refractivity contribution in [2.75, 3.05) is 0 Å². The molecule has 0 amide bonds. The van der Waals surface area contributed by atoms with E-state index in [9.17, 15) is 4.39 Å². The van der Waals surface area contributed by atoms with Crippen LogP contribution in [0, 0.1) is 6.92 Å². The lowest BCUT2D eigenvalue weighted by atomic mass is 10.0. The third kappa shape index (κ3) is 3.17. The molecule has 1 rings (SSSR count). The Morgan fingerprint density at radius 1 is 1.44 bits per heavy atom. The van der Waals surface area contributed by atoms with E-state index in [0.717, 1.165) is 26.0 Å². The van der Waals surface area contributed by atoms with Crippen molar-refractivity contribution in [1.29, 1.82) is 0 Å². The van der Waals surface area contributed by atoms with Crippen molar-refractivity contribution in [3.05, 3.63) is 50.6 Å². The molecule has 0 aliphatic rings. The van der Waals surface area contributed by atoms with E-state index in [-0.39, 0.29) is 0 Å². The number of hydrogen-bond acceptors (Lipinski definition) is 0. The number of allylic oxidation sites excluding steroid dienone is 2. The van der Waals surface area contributed by atoms with Crippen molar-refractivity contribution >= 4 is 34.7 Å². The molecule has 0 aromatic heterocycles. The molecule has 0 fully saturated rings. The third-order valence-corrected chi connectivity index (χ3v) is 2.57. The Morgan fingerprint density at radius 3 is 2.56 bits per heavy atom. The maximum atomic E-state index is 12.7. The number of rotatable bonds is 2. The van der Waals surface area contributed by atoms with Crippen LogP contribution in [0.3, 0.4) is 0 Å². The summed E-state index contributed by atoms with van der Waals surface area (Å²) in [4.78, 5) is 0. The quantitative estimate of drug-likeness (QED) is 0.779. The van der Waals surface area contributed by atoms with Gasteiger partial charge in [0.15, 0.2) is 0 Å². The molecule has 0 N–H and O–H groups in total. The lowest BCUT2D eigenvalue weighted by Crippen LogP contribution is -2.26. The summed E-state index contributed by atoms with van der Waals surface area (Å²) < 4.78 is 13.8. The van der Waals surface area contributed by atoms with Crippen LogP contribution < -0.4 is 10.4 Å². The molecule has 84 valence electrons. The highest BCUT2D eigenvalue weighted by Crippen LogP contribution is 2.11. The Kier molecular flexibility index (Phi) is 4.25. The largest absolute Gasteiger partial charge is 0.208 e. The zero-order valence-electron chi connectivity index (χ0n) is 9.48. The Hall–Kier alpha value is -1.15. The van der Waals surface area contributed by atoms with Gasteiger partial charge in [-0.3, -0.25) is 0 Å². The maximum Gasteiger partial charge on any atom is 0.116 e. The van der Waals surface area contributed by atoms with E-state index in [1.807, 2.05) is 32.1 Å². The van der Waals surface area contributed by atoms with Crippen LogP contribution in [-0.2, 0) is 0 Å². The summed E-state index contributed by atoms with van der Waals surface area (Å²) >= 11 is 3.39. The lowest BCUT2D eigenvalue weighted by molar-refractivity contribution is 0.684. The third-order valence-electron chi connectivity index (χ3n) is 2.34. The first-order valence-electron chi connectivity index (χ1n) is 4.90. The zero-order valence-corrected chi connectivity index (χ0v) is 11.1. The number of benzene rings is 1. The van der Waals surface area contributed by atoms with Gasteiger partial charge in [0, 0.05) is 0 Å². The van der Waals surface area contributed by atoms with Gasteiger partial charge in [-0.05, 0) is 52.0 Å². The predicted molar refractivity (Wildman–Crippen MR) is 73.2 cm³/mol. The summed E-state index contributed by atoms with van der Waals surface area (Å²) in [5.74, 6) is -0.454. The van der Waals surface area contributed by atoms with Gasteiger partial charge < -0.3 is 0 Å². The molecule has 1 aromatic carbocycles. The summed E-state index contributed by atoms with van der Waals surface area (Å²) in [5.41, 5.74) is 2.13. The van der Waals surface area contributed by atoms with Crippen LogP contribution in [-0.4, -0.2) is 0 Å². The first-order valence-corrected chi connectivity index (χ1v) is 5.69. The zero-order chi connectivity index (χ0) is 12.3. The van der Waals surface area contributed by atoms with Gasteiger partial charge in [-0.25, -0.2) is 4.39 Å². The van der Waals surface area contributed by atoms with E-state index in [4.69, 9.17) is 0 Å². The van der Waals surface area contributed by atoms with Crippen LogP contribution in [0.1, 0.15) is 18.1 Å². The van der Waals surface area contributed by atoms with Gasteiger partial charge in [-0.15, -0.1) is 0 Å². The molecule has 2 heteroatoms. The van der Waals surface area contributed by atoms with Crippen LogP contribution in [0.15, 0.2) is 29.0 Å². The Labute approximate surface area is 104 Å². The lowest BCUT2D eigenvalue weighted by Gasteiger charge is -2.02. The molecule has 0 aliphatic carbocycles. The molecule has 0 nitrogen and oxygen atoms in total. The molecule has 0 spiro atoms. The van der Waals surface area contributed by atoms with Crippen molar-refractivity contribution in [1.82, 2.24) is 0 Å². The second-order valence-corrected chi connectivity index (χ2v) is 4.92. The van der Waals surface area contributed by atoms with Crippen molar-refractivity contribution in [2.45, 2.75) is 13.8 Å². The molecular weight excluding hydrogens is 267 g/mol. The summed E-state index contributed by atoms with van der Waals surface area (Å²) in [6.07, 6.45) is 3.40. The number of hydrogen-bond donors (Lipinski definition) is 0. The topological polar surface area (TPSA) is 0 Å². The van der Waals surface area contributed by atoms with E-state index >= 15 is 0 Å². The van der Waals surface area contributed by atoms with Crippen LogP contribution in [0.2, 0.25) is 0 Å². The highest BCUT2D eigenvalue weighted by molar-refractivity contribution is 9.11. The molecule has 1 aromatic rings. The minimum Gasteiger partial charge on any atom is -0.208 e. The van der Waals surface area contributed by atoms with Crippen molar-refractivity contribution in [3.63, 3.8) is 0 Å². The highest BCUT2D eigenvalue weighted by atomic mass is 79.9. The summed E-state index contributed by atoms with van der Waals surface area (Å²) in [6.45, 7) is 11.1. The fourth-order valence-corrected chi connectivity index (χ4v) is 1.72. The van der Waals surface area contributed by atoms with Gasteiger partial charge in [0.25, 0.3) is 0 Å². The first kappa shape index (κ1) is 12.9. The predicted octanol–water partition coefficient (Wildman–Crippen LogP) is 3.42. The fourth-order valence-electron chi connectivity index (χ4n) is 1.47. The van der Waals surface area contributed by atoms with Crippen LogP contribution in [0.5, 0.6) is 0 Å². The summed E-state index contributed by atoms with van der Waals surface area (Å²) in [5, 5.41) is 1.61. The molecule has 0 unspecified atom stereocenters. The molecule has 0 saturated carbocycles. The van der Waals surface area contributed by atoms with Crippen LogP contribution in [0.25, 0.3) is 18.7 Å². The molecule has 0 heterocycles. The second-order valence-electron chi connectivity index (χ2n) is 3.67. The van der Waals surface area contributed by atoms with Crippen molar-refractivity contribution in [2.24, 2.45) is 0 Å². The molecule has 0 atom stereocenters. The molecule has 16 heavy (non-hydrogen) atoms. The van der Waals surface area contributed by atoms with E-state index in [2.05, 4.69) is 29.1 Å². The van der Waals surface area contributed by atoms with Gasteiger partial charge in [0.05, 0.1) is 0 Å². The van der Waals surface area contributed by atoms with Crippen LogP contribution >= 0.6 is 15.9 Å². The molecule has 0 saturated heterocycles. The Morgan fingerprint density at radius 2 is 2.06 bits per heavy atom. The molecule has 0 bridgehead atoms.